The fourth-order valence-electron chi connectivity index (χ4n) is 2.26. The molecule has 0 amide bonds. The highest BCUT2D eigenvalue weighted by atomic mass is 35.5. The molecule has 1 atom stereocenters. The number of hydrogen-bond acceptors (Lipinski definition) is 3. The van der Waals surface area contributed by atoms with Gasteiger partial charge in [-0.05, 0) is 33.4 Å². The van der Waals surface area contributed by atoms with Crippen LogP contribution in [0.1, 0.15) is 27.2 Å². The minimum absolute atomic E-state index is 0.362. The van der Waals surface area contributed by atoms with Crippen molar-refractivity contribution >= 4 is 11.6 Å². The predicted molar refractivity (Wildman–Crippen MR) is 73.9 cm³/mol. The molecule has 0 aromatic rings. The molecule has 3 nitrogen and oxygen atoms in total. The molecule has 1 heterocycles. The summed E-state index contributed by atoms with van der Waals surface area (Å²) in [6.07, 6.45) is 1.42. The standard InChI is InChI=1S/C13H27ClN2O/c1-4-15-8-9-17-13(10-15)11-16(12(2)3)7-5-6-14/h12-13H,4-11H2,1-3H3. The zero-order valence-electron chi connectivity index (χ0n) is 11.5. The fraction of sp³-hybridized carbons (Fsp3) is 1.00. The van der Waals surface area contributed by atoms with Gasteiger partial charge in [-0.15, -0.1) is 11.6 Å². The Morgan fingerprint density at radius 2 is 2.24 bits per heavy atom. The van der Waals surface area contributed by atoms with Crippen molar-refractivity contribution in [1.82, 2.24) is 9.80 Å². The quantitative estimate of drug-likeness (QED) is 0.653. The summed E-state index contributed by atoms with van der Waals surface area (Å²) in [5.74, 6) is 0.746. The molecular weight excluding hydrogens is 236 g/mol. The van der Waals surface area contributed by atoms with Gasteiger partial charge in [0.15, 0.2) is 0 Å². The first-order valence-corrected chi connectivity index (χ1v) is 7.34. The second-order valence-corrected chi connectivity index (χ2v) is 5.40. The number of hydrogen-bond donors (Lipinski definition) is 0. The van der Waals surface area contributed by atoms with Crippen LogP contribution in [0.3, 0.4) is 0 Å². The maximum atomic E-state index is 5.85. The number of nitrogens with zero attached hydrogens (tertiary/aromatic N) is 2. The molecule has 102 valence electrons. The molecule has 0 aliphatic carbocycles. The zero-order valence-corrected chi connectivity index (χ0v) is 12.2. The van der Waals surface area contributed by atoms with E-state index in [1.54, 1.807) is 0 Å². The highest BCUT2D eigenvalue weighted by Gasteiger charge is 2.22. The van der Waals surface area contributed by atoms with Gasteiger partial charge < -0.3 is 4.74 Å². The molecule has 0 spiro atoms. The molecular formula is C13H27ClN2O. The van der Waals surface area contributed by atoms with E-state index < -0.39 is 0 Å². The summed E-state index contributed by atoms with van der Waals surface area (Å²) in [6, 6.07) is 0.568. The minimum Gasteiger partial charge on any atom is -0.374 e. The van der Waals surface area contributed by atoms with E-state index in [-0.39, 0.29) is 0 Å². The highest BCUT2D eigenvalue weighted by Crippen LogP contribution is 2.09. The van der Waals surface area contributed by atoms with Crippen molar-refractivity contribution in [3.05, 3.63) is 0 Å². The highest BCUT2D eigenvalue weighted by molar-refractivity contribution is 6.17. The summed E-state index contributed by atoms with van der Waals surface area (Å²) >= 11 is 5.77. The molecule has 1 unspecified atom stereocenters. The van der Waals surface area contributed by atoms with Crippen LogP contribution >= 0.6 is 11.6 Å². The molecule has 0 saturated carbocycles. The molecule has 17 heavy (non-hydrogen) atoms. The van der Waals surface area contributed by atoms with Crippen LogP contribution in [0.4, 0.5) is 0 Å². The normalized spacial score (nSPS) is 22.6. The second-order valence-electron chi connectivity index (χ2n) is 5.02. The smallest absolute Gasteiger partial charge is 0.0829 e. The van der Waals surface area contributed by atoms with Crippen molar-refractivity contribution in [2.24, 2.45) is 0 Å². The van der Waals surface area contributed by atoms with E-state index in [1.807, 2.05) is 0 Å². The van der Waals surface area contributed by atoms with Gasteiger partial charge in [-0.2, -0.15) is 0 Å². The van der Waals surface area contributed by atoms with Crippen LogP contribution < -0.4 is 0 Å². The SMILES string of the molecule is CCN1CCOC(CN(CCCCl)C(C)C)C1. The van der Waals surface area contributed by atoms with E-state index in [9.17, 15) is 0 Å². The lowest BCUT2D eigenvalue weighted by molar-refractivity contribution is -0.0454. The van der Waals surface area contributed by atoms with Crippen LogP contribution in [0.5, 0.6) is 0 Å². The maximum Gasteiger partial charge on any atom is 0.0829 e. The van der Waals surface area contributed by atoms with E-state index in [4.69, 9.17) is 16.3 Å². The largest absolute Gasteiger partial charge is 0.374 e. The van der Waals surface area contributed by atoms with Crippen molar-refractivity contribution < 1.29 is 4.74 Å². The van der Waals surface area contributed by atoms with E-state index in [1.165, 1.54) is 0 Å². The van der Waals surface area contributed by atoms with E-state index >= 15 is 0 Å². The number of ether oxygens (including phenoxy) is 1. The Bertz CT molecular complexity index is 202. The van der Waals surface area contributed by atoms with E-state index in [0.29, 0.717) is 12.1 Å². The average molecular weight is 263 g/mol. The van der Waals surface area contributed by atoms with Crippen molar-refractivity contribution in [3.63, 3.8) is 0 Å². The summed E-state index contributed by atoms with van der Waals surface area (Å²) in [4.78, 5) is 4.94. The number of likely N-dealkylation sites (N-methyl/N-ethyl adjacent to an activating group) is 1. The van der Waals surface area contributed by atoms with Crippen LogP contribution in [-0.4, -0.2) is 67.2 Å². The first-order chi connectivity index (χ1) is 8.17. The summed E-state index contributed by atoms with van der Waals surface area (Å²) in [7, 11) is 0. The Kier molecular flexibility index (Phi) is 7.44. The molecule has 4 heteroatoms. The number of halogens is 1. The molecule has 0 radical (unpaired) electrons. The second kappa shape index (κ2) is 8.30. The van der Waals surface area contributed by atoms with Gasteiger partial charge in [0.25, 0.3) is 0 Å². The first-order valence-electron chi connectivity index (χ1n) is 6.81. The third kappa shape index (κ3) is 5.56. The molecule has 0 aromatic carbocycles. The number of alkyl halides is 1. The van der Waals surface area contributed by atoms with Crippen LogP contribution in [0.2, 0.25) is 0 Å². The van der Waals surface area contributed by atoms with Crippen molar-refractivity contribution in [2.75, 3.05) is 45.2 Å². The van der Waals surface area contributed by atoms with Crippen molar-refractivity contribution in [2.45, 2.75) is 39.3 Å². The number of rotatable bonds is 7. The lowest BCUT2D eigenvalue weighted by Gasteiger charge is -2.36. The van der Waals surface area contributed by atoms with Gasteiger partial charge in [0.05, 0.1) is 12.7 Å². The summed E-state index contributed by atoms with van der Waals surface area (Å²) in [5, 5.41) is 0. The molecule has 0 bridgehead atoms. The van der Waals surface area contributed by atoms with E-state index in [2.05, 4.69) is 30.6 Å². The average Bonchev–Trinajstić information content (AvgIpc) is 2.34. The fourth-order valence-corrected chi connectivity index (χ4v) is 2.38. The topological polar surface area (TPSA) is 15.7 Å². The summed E-state index contributed by atoms with van der Waals surface area (Å²) in [6.45, 7) is 13.0. The Morgan fingerprint density at radius 3 is 2.82 bits per heavy atom. The van der Waals surface area contributed by atoms with Crippen LogP contribution in [0, 0.1) is 0 Å². The van der Waals surface area contributed by atoms with Crippen LogP contribution in [0.15, 0.2) is 0 Å². The van der Waals surface area contributed by atoms with Gasteiger partial charge in [-0.1, -0.05) is 6.92 Å². The Labute approximate surface area is 111 Å². The maximum absolute atomic E-state index is 5.85. The van der Waals surface area contributed by atoms with Gasteiger partial charge >= 0.3 is 0 Å². The molecule has 1 aliphatic rings. The Hall–Kier alpha value is 0.170. The van der Waals surface area contributed by atoms with Crippen LogP contribution in [0.25, 0.3) is 0 Å². The molecule has 0 aromatic heterocycles. The molecule has 1 saturated heterocycles. The first kappa shape index (κ1) is 15.2. The minimum atomic E-state index is 0.362. The molecule has 0 N–H and O–H groups in total. The van der Waals surface area contributed by atoms with Crippen molar-refractivity contribution in [1.29, 1.82) is 0 Å². The predicted octanol–water partition coefficient (Wildman–Crippen LogP) is 2.05. The Morgan fingerprint density at radius 1 is 1.47 bits per heavy atom. The molecule has 1 aliphatic heterocycles. The van der Waals surface area contributed by atoms with Gasteiger partial charge in [-0.25, -0.2) is 0 Å². The molecule has 1 rings (SSSR count). The van der Waals surface area contributed by atoms with Gasteiger partial charge in [0, 0.05) is 31.6 Å². The summed E-state index contributed by atoms with van der Waals surface area (Å²) in [5.41, 5.74) is 0. The molecule has 1 fully saturated rings. The third-order valence-corrected chi connectivity index (χ3v) is 3.68. The monoisotopic (exact) mass is 262 g/mol. The van der Waals surface area contributed by atoms with Gasteiger partial charge in [0.1, 0.15) is 0 Å². The number of morpholine rings is 1. The zero-order chi connectivity index (χ0) is 12.7. The lowest BCUT2D eigenvalue weighted by Crippen LogP contribution is -2.49. The third-order valence-electron chi connectivity index (χ3n) is 3.42. The summed E-state index contributed by atoms with van der Waals surface area (Å²) < 4.78 is 5.85. The van der Waals surface area contributed by atoms with Crippen LogP contribution in [-0.2, 0) is 4.74 Å². The van der Waals surface area contributed by atoms with Gasteiger partial charge in [0.2, 0.25) is 0 Å². The van der Waals surface area contributed by atoms with Gasteiger partial charge in [-0.3, -0.25) is 9.80 Å². The Balaban J connectivity index is 2.37. The van der Waals surface area contributed by atoms with Crippen molar-refractivity contribution in [3.8, 4) is 0 Å². The van der Waals surface area contributed by atoms with E-state index in [0.717, 1.165) is 51.6 Å². The lowest BCUT2D eigenvalue weighted by atomic mass is 10.2.